The molecule has 2 aromatic heterocycles. The van der Waals surface area contributed by atoms with Crippen molar-refractivity contribution in [2.75, 3.05) is 13.1 Å². The number of nitrogens with two attached hydrogens (primary N) is 1. The minimum atomic E-state index is -0.536. The number of aromatic amines is 1. The lowest BCUT2D eigenvalue weighted by Crippen LogP contribution is -2.42. The molecule has 0 bridgehead atoms. The number of H-pyrrole nitrogens is 1. The van der Waals surface area contributed by atoms with Crippen molar-refractivity contribution in [2.45, 2.75) is 32.1 Å². The van der Waals surface area contributed by atoms with Crippen molar-refractivity contribution in [1.82, 2.24) is 15.1 Å². The Morgan fingerprint density at radius 2 is 2.38 bits per heavy atom. The van der Waals surface area contributed by atoms with Crippen LogP contribution in [0.4, 0.5) is 0 Å². The molecule has 3 heterocycles. The summed E-state index contributed by atoms with van der Waals surface area (Å²) in [6, 6.07) is 5.79. The number of piperidine rings is 1. The average Bonchev–Trinajstić information content (AvgIpc) is 3.25. The van der Waals surface area contributed by atoms with Gasteiger partial charge in [0.2, 0.25) is 5.91 Å². The molecule has 2 aromatic rings. The number of nitrogens with one attached hydrogen (secondary N) is 1. The van der Waals surface area contributed by atoms with Gasteiger partial charge in [-0.05, 0) is 36.8 Å². The molecule has 0 saturated carbocycles. The molecule has 0 aromatic carbocycles. The highest BCUT2D eigenvalue weighted by Gasteiger charge is 2.29. The van der Waals surface area contributed by atoms with E-state index in [9.17, 15) is 9.59 Å². The zero-order chi connectivity index (χ0) is 17.1. The molecule has 0 aliphatic carbocycles. The number of carbonyl (C=O) groups is 2. The van der Waals surface area contributed by atoms with E-state index in [2.05, 4.69) is 16.3 Å². The third-order valence-electron chi connectivity index (χ3n) is 4.53. The molecule has 3 rings (SSSR count). The van der Waals surface area contributed by atoms with Gasteiger partial charge in [0.1, 0.15) is 5.69 Å². The third kappa shape index (κ3) is 3.67. The molecular weight excluding hydrogens is 324 g/mol. The quantitative estimate of drug-likeness (QED) is 0.869. The average molecular weight is 346 g/mol. The molecule has 7 heteroatoms. The fourth-order valence-electron chi connectivity index (χ4n) is 3.23. The molecule has 1 aliphatic heterocycles. The topological polar surface area (TPSA) is 92.1 Å². The minimum absolute atomic E-state index is 0.0228. The number of carbonyl (C=O) groups excluding carboxylic acids is 2. The number of amides is 2. The molecule has 2 atom stereocenters. The maximum Gasteiger partial charge on any atom is 0.269 e. The van der Waals surface area contributed by atoms with Crippen molar-refractivity contribution < 1.29 is 9.59 Å². The zero-order valence-electron chi connectivity index (χ0n) is 13.7. The van der Waals surface area contributed by atoms with Gasteiger partial charge < -0.3 is 10.6 Å². The molecule has 0 unspecified atom stereocenters. The maximum atomic E-state index is 12.7. The first-order valence-corrected chi connectivity index (χ1v) is 9.09. The monoisotopic (exact) mass is 346 g/mol. The predicted octanol–water partition coefficient (Wildman–Crippen LogP) is 2.15. The molecule has 6 nitrogen and oxygen atoms in total. The van der Waals surface area contributed by atoms with E-state index >= 15 is 0 Å². The summed E-state index contributed by atoms with van der Waals surface area (Å²) in [4.78, 5) is 27.1. The van der Waals surface area contributed by atoms with Gasteiger partial charge in [-0.15, -0.1) is 11.3 Å². The number of thiophene rings is 1. The highest BCUT2D eigenvalue weighted by molar-refractivity contribution is 7.09. The van der Waals surface area contributed by atoms with Crippen LogP contribution in [0.15, 0.2) is 23.6 Å². The van der Waals surface area contributed by atoms with Crippen molar-refractivity contribution in [2.24, 2.45) is 11.7 Å². The maximum absolute atomic E-state index is 12.7. The number of hydrogen-bond donors (Lipinski definition) is 2. The SMILES string of the molecule is C[C@@H](Cc1cccs1)C(=O)N1CCC[C@@H](c2cc(C(N)=O)n[nH]2)C1. The summed E-state index contributed by atoms with van der Waals surface area (Å²) < 4.78 is 0. The first kappa shape index (κ1) is 16.7. The summed E-state index contributed by atoms with van der Waals surface area (Å²) in [5, 5.41) is 8.88. The summed E-state index contributed by atoms with van der Waals surface area (Å²) in [6.07, 6.45) is 2.71. The van der Waals surface area contributed by atoms with E-state index in [1.807, 2.05) is 23.3 Å². The summed E-state index contributed by atoms with van der Waals surface area (Å²) in [7, 11) is 0. The van der Waals surface area contributed by atoms with Crippen LogP contribution in [-0.4, -0.2) is 40.0 Å². The molecule has 0 spiro atoms. The fourth-order valence-corrected chi connectivity index (χ4v) is 4.07. The van der Waals surface area contributed by atoms with Crippen LogP contribution in [-0.2, 0) is 11.2 Å². The van der Waals surface area contributed by atoms with Gasteiger partial charge in [-0.2, -0.15) is 5.10 Å². The second-order valence-corrected chi connectivity index (χ2v) is 7.41. The van der Waals surface area contributed by atoms with Crippen LogP contribution in [0.1, 0.15) is 46.7 Å². The lowest BCUT2D eigenvalue weighted by atomic mass is 9.93. The standard InChI is InChI=1S/C17H22N4O2S/c1-11(8-13-5-3-7-24-13)17(23)21-6-2-4-12(10-21)14-9-15(16(18)22)20-19-14/h3,5,7,9,11-12H,2,4,6,8,10H2,1H3,(H2,18,22)(H,19,20)/t11-,12+/m0/s1. The van der Waals surface area contributed by atoms with Crippen molar-refractivity contribution in [1.29, 1.82) is 0 Å². The number of likely N-dealkylation sites (tertiary alicyclic amines) is 1. The normalized spacial score (nSPS) is 19.2. The molecule has 1 aliphatic rings. The van der Waals surface area contributed by atoms with Crippen molar-refractivity contribution in [3.63, 3.8) is 0 Å². The second-order valence-electron chi connectivity index (χ2n) is 6.38. The predicted molar refractivity (Wildman–Crippen MR) is 92.8 cm³/mol. The van der Waals surface area contributed by atoms with E-state index in [1.54, 1.807) is 17.4 Å². The second kappa shape index (κ2) is 7.17. The highest BCUT2D eigenvalue weighted by Crippen LogP contribution is 2.27. The van der Waals surface area contributed by atoms with E-state index in [-0.39, 0.29) is 23.4 Å². The van der Waals surface area contributed by atoms with Gasteiger partial charge in [-0.25, -0.2) is 0 Å². The molecule has 24 heavy (non-hydrogen) atoms. The Morgan fingerprint density at radius 3 is 3.04 bits per heavy atom. The minimum Gasteiger partial charge on any atom is -0.364 e. The first-order valence-electron chi connectivity index (χ1n) is 8.21. The summed E-state index contributed by atoms with van der Waals surface area (Å²) >= 11 is 1.69. The van der Waals surface area contributed by atoms with Crippen LogP contribution in [0.5, 0.6) is 0 Å². The van der Waals surface area contributed by atoms with E-state index in [4.69, 9.17) is 5.73 Å². The summed E-state index contributed by atoms with van der Waals surface area (Å²) in [5.74, 6) is -0.184. The molecule has 128 valence electrons. The Morgan fingerprint density at radius 1 is 1.54 bits per heavy atom. The van der Waals surface area contributed by atoms with Gasteiger partial charge in [-0.1, -0.05) is 13.0 Å². The fraction of sp³-hybridized carbons (Fsp3) is 0.471. The van der Waals surface area contributed by atoms with Crippen LogP contribution in [0.25, 0.3) is 0 Å². The van der Waals surface area contributed by atoms with E-state index in [1.165, 1.54) is 4.88 Å². The number of aromatic nitrogens is 2. The summed E-state index contributed by atoms with van der Waals surface area (Å²) in [6.45, 7) is 3.45. The molecule has 3 N–H and O–H groups in total. The van der Waals surface area contributed by atoms with Crippen molar-refractivity contribution in [3.8, 4) is 0 Å². The number of nitrogens with zero attached hydrogens (tertiary/aromatic N) is 2. The molecule has 1 saturated heterocycles. The largest absolute Gasteiger partial charge is 0.364 e. The van der Waals surface area contributed by atoms with Crippen molar-refractivity contribution >= 4 is 23.2 Å². The highest BCUT2D eigenvalue weighted by atomic mass is 32.1. The van der Waals surface area contributed by atoms with Gasteiger partial charge in [0.05, 0.1) is 0 Å². The van der Waals surface area contributed by atoms with Crippen LogP contribution in [0.2, 0.25) is 0 Å². The third-order valence-corrected chi connectivity index (χ3v) is 5.43. The lowest BCUT2D eigenvalue weighted by Gasteiger charge is -2.34. The Hall–Kier alpha value is -2.15. The van der Waals surface area contributed by atoms with Gasteiger partial charge >= 0.3 is 0 Å². The Bertz CT molecular complexity index is 710. The smallest absolute Gasteiger partial charge is 0.269 e. The van der Waals surface area contributed by atoms with Crippen LogP contribution >= 0.6 is 11.3 Å². The van der Waals surface area contributed by atoms with E-state index < -0.39 is 5.91 Å². The first-order chi connectivity index (χ1) is 11.5. The zero-order valence-corrected chi connectivity index (χ0v) is 14.5. The molecule has 2 amide bonds. The Balaban J connectivity index is 1.63. The van der Waals surface area contributed by atoms with Gasteiger partial charge in [0.25, 0.3) is 5.91 Å². The Labute approximate surface area is 145 Å². The van der Waals surface area contributed by atoms with Gasteiger partial charge in [0.15, 0.2) is 0 Å². The van der Waals surface area contributed by atoms with Crippen LogP contribution in [0, 0.1) is 5.92 Å². The van der Waals surface area contributed by atoms with Crippen LogP contribution in [0.3, 0.4) is 0 Å². The Kier molecular flexibility index (Phi) is 4.99. The number of primary amides is 1. The van der Waals surface area contributed by atoms with E-state index in [0.29, 0.717) is 6.54 Å². The number of hydrogen-bond acceptors (Lipinski definition) is 4. The molecule has 0 radical (unpaired) electrons. The van der Waals surface area contributed by atoms with E-state index in [0.717, 1.165) is 31.5 Å². The van der Waals surface area contributed by atoms with Gasteiger partial charge in [-0.3, -0.25) is 14.7 Å². The number of rotatable bonds is 5. The van der Waals surface area contributed by atoms with Gasteiger partial charge in [0, 0.05) is 35.5 Å². The lowest BCUT2D eigenvalue weighted by molar-refractivity contribution is -0.136. The summed E-state index contributed by atoms with van der Waals surface area (Å²) in [5.41, 5.74) is 6.38. The molecule has 1 fully saturated rings. The van der Waals surface area contributed by atoms with Crippen LogP contribution < -0.4 is 5.73 Å². The molecular formula is C17H22N4O2S. The van der Waals surface area contributed by atoms with Crippen molar-refractivity contribution in [3.05, 3.63) is 39.8 Å².